The van der Waals surface area contributed by atoms with Gasteiger partial charge in [-0.15, -0.1) is 0 Å². The number of hydrogen-bond donors (Lipinski definition) is 1. The third kappa shape index (κ3) is 3.18. The Morgan fingerprint density at radius 2 is 1.96 bits per heavy atom. The summed E-state index contributed by atoms with van der Waals surface area (Å²) < 4.78 is 3.02. The lowest BCUT2D eigenvalue weighted by molar-refractivity contribution is 0.538. The molecule has 0 radical (unpaired) electrons. The van der Waals surface area contributed by atoms with Gasteiger partial charge in [0.15, 0.2) is 0 Å². The summed E-state index contributed by atoms with van der Waals surface area (Å²) in [7, 11) is 0. The number of aryl methyl sites for hydroxylation is 1. The lowest BCUT2D eigenvalue weighted by Gasteiger charge is -2.28. The summed E-state index contributed by atoms with van der Waals surface area (Å²) in [4.78, 5) is 11.1. The van der Waals surface area contributed by atoms with E-state index in [1.807, 2.05) is 35.0 Å². The summed E-state index contributed by atoms with van der Waals surface area (Å²) in [5, 5.41) is 8.42. The first-order chi connectivity index (χ1) is 11.7. The number of rotatable bonds is 3. The Bertz CT molecular complexity index is 863. The van der Waals surface area contributed by atoms with Gasteiger partial charge in [-0.05, 0) is 59.3 Å². The van der Waals surface area contributed by atoms with Crippen molar-refractivity contribution in [1.82, 2.24) is 19.7 Å². The first-order valence-corrected chi connectivity index (χ1v) is 9.01. The van der Waals surface area contributed by atoms with Crippen LogP contribution < -0.4 is 10.2 Å². The van der Waals surface area contributed by atoms with E-state index in [0.29, 0.717) is 11.0 Å². The van der Waals surface area contributed by atoms with Crippen molar-refractivity contribution < 1.29 is 0 Å². The van der Waals surface area contributed by atoms with Crippen LogP contribution >= 0.6 is 34.2 Å². The molecule has 0 saturated carbocycles. The van der Waals surface area contributed by atoms with Gasteiger partial charge in [0.2, 0.25) is 5.95 Å². The summed E-state index contributed by atoms with van der Waals surface area (Å²) in [6, 6.07) is 11.5. The van der Waals surface area contributed by atoms with Crippen molar-refractivity contribution >= 4 is 57.5 Å². The Balaban J connectivity index is 1.62. The second kappa shape index (κ2) is 6.56. The normalized spacial score (nSPS) is 13.7. The molecule has 3 aromatic rings. The minimum absolute atomic E-state index is 0.557. The van der Waals surface area contributed by atoms with Gasteiger partial charge in [0.1, 0.15) is 15.3 Å². The Morgan fingerprint density at radius 1 is 1.12 bits per heavy atom. The van der Waals surface area contributed by atoms with Crippen LogP contribution in [0.4, 0.5) is 23.3 Å². The van der Waals surface area contributed by atoms with Crippen LogP contribution in [0.3, 0.4) is 0 Å². The molecule has 1 aromatic carbocycles. The predicted molar refractivity (Wildman–Crippen MR) is 103 cm³/mol. The summed E-state index contributed by atoms with van der Waals surface area (Å²) in [5.41, 5.74) is 0.898. The molecule has 4 rings (SSSR count). The molecule has 1 aliphatic heterocycles. The van der Waals surface area contributed by atoms with Gasteiger partial charge in [-0.2, -0.15) is 10.1 Å². The van der Waals surface area contributed by atoms with Gasteiger partial charge in [-0.25, -0.2) is 9.67 Å². The van der Waals surface area contributed by atoms with Gasteiger partial charge in [0.05, 0.1) is 0 Å². The van der Waals surface area contributed by atoms with Crippen molar-refractivity contribution in [2.45, 2.75) is 13.0 Å². The Labute approximate surface area is 158 Å². The van der Waals surface area contributed by atoms with Crippen LogP contribution in [0.1, 0.15) is 6.42 Å². The number of nitrogens with one attached hydrogen (secondary N) is 1. The molecular formula is C16H14ClIN6. The first-order valence-electron chi connectivity index (χ1n) is 7.55. The number of hydrogen-bond acceptors (Lipinski definition) is 5. The Morgan fingerprint density at radius 3 is 2.79 bits per heavy atom. The highest BCUT2D eigenvalue weighted by molar-refractivity contribution is 14.1. The SMILES string of the molecule is Clc1ccc(Nc2nccc(N3CCCn4nc(I)cc43)n2)cc1. The molecule has 3 heterocycles. The maximum atomic E-state index is 5.92. The van der Waals surface area contributed by atoms with Crippen molar-refractivity contribution in [3.63, 3.8) is 0 Å². The molecule has 122 valence electrons. The van der Waals surface area contributed by atoms with Gasteiger partial charge in [0, 0.05) is 36.1 Å². The summed E-state index contributed by atoms with van der Waals surface area (Å²) in [6.07, 6.45) is 2.80. The minimum Gasteiger partial charge on any atom is -0.324 e. The van der Waals surface area contributed by atoms with Gasteiger partial charge >= 0.3 is 0 Å². The first kappa shape index (κ1) is 15.6. The zero-order chi connectivity index (χ0) is 16.5. The van der Waals surface area contributed by atoms with E-state index in [1.54, 1.807) is 6.20 Å². The molecular weight excluding hydrogens is 439 g/mol. The van der Waals surface area contributed by atoms with Gasteiger partial charge in [0.25, 0.3) is 0 Å². The second-order valence-electron chi connectivity index (χ2n) is 5.42. The lowest BCUT2D eigenvalue weighted by Crippen LogP contribution is -2.28. The topological polar surface area (TPSA) is 58.9 Å². The summed E-state index contributed by atoms with van der Waals surface area (Å²) >= 11 is 8.16. The van der Waals surface area contributed by atoms with E-state index in [2.05, 4.69) is 53.9 Å². The van der Waals surface area contributed by atoms with Crippen LogP contribution in [0.15, 0.2) is 42.6 Å². The molecule has 0 amide bonds. The molecule has 1 aliphatic rings. The van der Waals surface area contributed by atoms with E-state index in [4.69, 9.17) is 11.6 Å². The Hall–Kier alpha value is -1.87. The number of fused-ring (bicyclic) bond motifs is 1. The van der Waals surface area contributed by atoms with E-state index in [9.17, 15) is 0 Å². The van der Waals surface area contributed by atoms with Crippen molar-refractivity contribution in [3.05, 3.63) is 51.3 Å². The fourth-order valence-electron chi connectivity index (χ4n) is 2.71. The molecule has 0 unspecified atom stereocenters. The highest BCUT2D eigenvalue weighted by atomic mass is 127. The summed E-state index contributed by atoms with van der Waals surface area (Å²) in [5.74, 6) is 2.49. The number of benzene rings is 1. The van der Waals surface area contributed by atoms with Crippen molar-refractivity contribution in [2.75, 3.05) is 16.8 Å². The second-order valence-corrected chi connectivity index (χ2v) is 6.97. The van der Waals surface area contributed by atoms with Crippen LogP contribution in [-0.2, 0) is 6.54 Å². The maximum absolute atomic E-state index is 5.92. The molecule has 0 saturated heterocycles. The zero-order valence-electron chi connectivity index (χ0n) is 12.7. The molecule has 1 N–H and O–H groups in total. The number of halogens is 2. The fourth-order valence-corrected chi connectivity index (χ4v) is 3.37. The smallest absolute Gasteiger partial charge is 0.229 e. The molecule has 24 heavy (non-hydrogen) atoms. The lowest BCUT2D eigenvalue weighted by atomic mass is 10.3. The molecule has 2 aromatic heterocycles. The molecule has 8 heteroatoms. The third-order valence-electron chi connectivity index (χ3n) is 3.77. The van der Waals surface area contributed by atoms with E-state index in [-0.39, 0.29) is 0 Å². The molecule has 0 fully saturated rings. The minimum atomic E-state index is 0.557. The standard InChI is InChI=1S/C16H14ClIN6/c17-11-2-4-12(5-3-11)20-16-19-7-6-14(21-16)23-8-1-9-24-15(23)10-13(18)22-24/h2-7,10H,1,8-9H2,(H,19,20,21). The quantitative estimate of drug-likeness (QED) is 0.603. The van der Waals surface area contributed by atoms with Gasteiger partial charge in [-0.1, -0.05) is 11.6 Å². The number of anilines is 4. The highest BCUT2D eigenvalue weighted by Crippen LogP contribution is 2.29. The molecule has 0 bridgehead atoms. The van der Waals surface area contributed by atoms with Crippen LogP contribution in [-0.4, -0.2) is 26.3 Å². The van der Waals surface area contributed by atoms with Crippen LogP contribution in [0.25, 0.3) is 0 Å². The average Bonchev–Trinajstić information content (AvgIpc) is 2.97. The fraction of sp³-hybridized carbons (Fsp3) is 0.188. The molecule has 0 spiro atoms. The highest BCUT2D eigenvalue weighted by Gasteiger charge is 2.21. The zero-order valence-corrected chi connectivity index (χ0v) is 15.6. The van der Waals surface area contributed by atoms with E-state index in [1.165, 1.54) is 0 Å². The van der Waals surface area contributed by atoms with Crippen molar-refractivity contribution in [1.29, 1.82) is 0 Å². The summed E-state index contributed by atoms with van der Waals surface area (Å²) in [6.45, 7) is 1.86. The monoisotopic (exact) mass is 452 g/mol. The largest absolute Gasteiger partial charge is 0.324 e. The van der Waals surface area contributed by atoms with Gasteiger partial charge < -0.3 is 10.2 Å². The Kier molecular flexibility index (Phi) is 4.28. The van der Waals surface area contributed by atoms with E-state index >= 15 is 0 Å². The van der Waals surface area contributed by atoms with E-state index < -0.39 is 0 Å². The molecule has 0 atom stereocenters. The number of nitrogens with zero attached hydrogens (tertiary/aromatic N) is 5. The van der Waals surface area contributed by atoms with Crippen molar-refractivity contribution in [2.24, 2.45) is 0 Å². The van der Waals surface area contributed by atoms with Gasteiger partial charge in [-0.3, -0.25) is 0 Å². The predicted octanol–water partition coefficient (Wildman–Crippen LogP) is 4.22. The average molecular weight is 453 g/mol. The molecule has 0 aliphatic carbocycles. The van der Waals surface area contributed by atoms with Crippen LogP contribution in [0.5, 0.6) is 0 Å². The maximum Gasteiger partial charge on any atom is 0.229 e. The van der Waals surface area contributed by atoms with Crippen molar-refractivity contribution in [3.8, 4) is 0 Å². The molecule has 6 nitrogen and oxygen atoms in total. The van der Waals surface area contributed by atoms with E-state index in [0.717, 1.165) is 40.5 Å². The van der Waals surface area contributed by atoms with Crippen LogP contribution in [0.2, 0.25) is 5.02 Å². The number of aromatic nitrogens is 4. The van der Waals surface area contributed by atoms with Crippen LogP contribution in [0, 0.1) is 3.70 Å². The third-order valence-corrected chi connectivity index (χ3v) is 4.55.